The quantitative estimate of drug-likeness (QED) is 0.0951. The van der Waals surface area contributed by atoms with Crippen LogP contribution in [0, 0.1) is 23.7 Å². The van der Waals surface area contributed by atoms with Crippen LogP contribution >= 0.6 is 0 Å². The molecule has 0 unspecified atom stereocenters. The third kappa shape index (κ3) is 14.6. The molecule has 1 heterocycles. The van der Waals surface area contributed by atoms with E-state index in [-0.39, 0.29) is 54.9 Å². The Hall–Kier alpha value is -3.64. The van der Waals surface area contributed by atoms with Crippen molar-refractivity contribution in [2.24, 2.45) is 23.7 Å². The first kappa shape index (κ1) is 50.5. The van der Waals surface area contributed by atoms with Gasteiger partial charge in [0.2, 0.25) is 29.5 Å². The minimum Gasteiger partial charge on any atom is -0.379 e. The van der Waals surface area contributed by atoms with Gasteiger partial charge in [-0.1, -0.05) is 85.2 Å². The molecule has 1 fully saturated rings. The van der Waals surface area contributed by atoms with Gasteiger partial charge in [-0.05, 0) is 43.2 Å². The van der Waals surface area contributed by atoms with Gasteiger partial charge in [-0.25, -0.2) is 0 Å². The number of likely N-dealkylation sites (tertiary alicyclic amines) is 1. The van der Waals surface area contributed by atoms with Gasteiger partial charge in [0.05, 0.1) is 48.4 Å². The summed E-state index contributed by atoms with van der Waals surface area (Å²) in [6.07, 6.45) is 0.560. The molecule has 5 N–H and O–H groups in total. The monoisotopic (exact) mass is 838 g/mol. The van der Waals surface area contributed by atoms with Crippen LogP contribution in [0.2, 0.25) is 0 Å². The number of carbonyl (C=O) groups excluding carboxylic acids is 5. The summed E-state index contributed by atoms with van der Waals surface area (Å²) in [4.78, 5) is 72.0. The Balaban J connectivity index is 2.30. The zero-order valence-corrected chi connectivity index (χ0v) is 37.1. The van der Waals surface area contributed by atoms with Gasteiger partial charge in [-0.2, -0.15) is 8.42 Å². The van der Waals surface area contributed by atoms with Crippen molar-refractivity contribution >= 4 is 39.7 Å². The summed E-state index contributed by atoms with van der Waals surface area (Å²) in [5.41, 5.74) is 0.759. The van der Waals surface area contributed by atoms with Crippen LogP contribution in [0.4, 0.5) is 0 Å². The van der Waals surface area contributed by atoms with Crippen molar-refractivity contribution in [2.75, 3.05) is 47.2 Å². The molecule has 0 saturated carbocycles. The Morgan fingerprint density at radius 2 is 1.53 bits per heavy atom. The van der Waals surface area contributed by atoms with Crippen LogP contribution in [-0.2, 0) is 50.0 Å². The van der Waals surface area contributed by atoms with Gasteiger partial charge in [0.15, 0.2) is 0 Å². The summed E-state index contributed by atoms with van der Waals surface area (Å²) in [6, 6.07) is 5.67. The van der Waals surface area contributed by atoms with E-state index < -0.39 is 76.0 Å². The smallest absolute Gasteiger partial charge is 0.266 e. The molecule has 0 radical (unpaired) electrons. The fraction of sp³-hybridized carbons (Fsp3) is 0.732. The van der Waals surface area contributed by atoms with Gasteiger partial charge < -0.3 is 40.5 Å². The van der Waals surface area contributed by atoms with Gasteiger partial charge >= 0.3 is 0 Å². The molecule has 16 nitrogen and oxygen atoms in total. The molecule has 9 atom stereocenters. The number of hydrogen-bond donors (Lipinski definition) is 5. The van der Waals surface area contributed by atoms with Crippen molar-refractivity contribution in [3.63, 3.8) is 0 Å². The fourth-order valence-corrected chi connectivity index (χ4v) is 8.20. The number of hydrogen-bond acceptors (Lipinski definition) is 10. The number of nitrogens with one attached hydrogen (secondary N) is 4. The maximum Gasteiger partial charge on any atom is 0.266 e. The van der Waals surface area contributed by atoms with Crippen LogP contribution in [-0.4, -0.2) is 142 Å². The van der Waals surface area contributed by atoms with Gasteiger partial charge in [0.1, 0.15) is 12.1 Å². The minimum absolute atomic E-state index is 0.00250. The normalized spacial score (nSPS) is 18.7. The van der Waals surface area contributed by atoms with Gasteiger partial charge in [0.25, 0.3) is 10.1 Å². The summed E-state index contributed by atoms with van der Waals surface area (Å²) in [7, 11) is 2.08. The molecule has 5 amide bonds. The van der Waals surface area contributed by atoms with Crippen LogP contribution in [0.5, 0.6) is 0 Å². The standard InChI is InChI=1S/C41H70N6O10S/c1-12-27(6)36(46(9)41(52)35(26(4)5)45-40(51)34(42-8)25(2)3)32(56-10)24-33(48)47-21-16-19-31(47)37(57-11)28(7)38(49)44-30(23-29-17-14-13-15-18-29)39(50)43-20-22-58(53,54)55/h13-15,17-18,25-28,30-32,34-37,42H,12,16,19-24H2,1-11H3,(H,43,50)(H,44,49)(H,45,51)(H,53,54,55)/t27-,28+,30-,31-,32+,34-,35-,36-,37+/m0/s1. The van der Waals surface area contributed by atoms with E-state index in [4.69, 9.17) is 14.0 Å². The molecular formula is C41H70N6O10S. The second-order valence-electron chi connectivity index (χ2n) is 16.2. The molecule has 0 spiro atoms. The van der Waals surface area contributed by atoms with Crippen LogP contribution < -0.4 is 21.3 Å². The lowest BCUT2D eigenvalue weighted by Crippen LogP contribution is -2.59. The van der Waals surface area contributed by atoms with E-state index in [1.54, 1.807) is 55.1 Å². The van der Waals surface area contributed by atoms with E-state index in [0.717, 1.165) is 5.56 Å². The van der Waals surface area contributed by atoms with E-state index in [9.17, 15) is 32.4 Å². The molecule has 1 aromatic rings. The molecular weight excluding hydrogens is 769 g/mol. The number of amides is 5. The molecule has 58 heavy (non-hydrogen) atoms. The Kier molecular flexibility index (Phi) is 20.7. The molecule has 17 heteroatoms. The van der Waals surface area contributed by atoms with Crippen molar-refractivity contribution < 1.29 is 46.4 Å². The predicted octanol–water partition coefficient (Wildman–Crippen LogP) is 2.02. The Morgan fingerprint density at radius 3 is 2.05 bits per heavy atom. The largest absolute Gasteiger partial charge is 0.379 e. The Labute approximate surface area is 346 Å². The summed E-state index contributed by atoms with van der Waals surface area (Å²) >= 11 is 0. The second kappa shape index (κ2) is 23.8. The number of nitrogens with zero attached hydrogens (tertiary/aromatic N) is 2. The highest BCUT2D eigenvalue weighted by Crippen LogP contribution is 2.30. The molecule has 2 rings (SSSR count). The number of likely N-dealkylation sites (N-methyl/N-ethyl adjacent to an activating group) is 2. The van der Waals surface area contributed by atoms with Gasteiger partial charge in [-0.3, -0.25) is 28.5 Å². The Bertz CT molecular complexity index is 1600. The van der Waals surface area contributed by atoms with Gasteiger partial charge in [0, 0.05) is 40.8 Å². The van der Waals surface area contributed by atoms with Gasteiger partial charge in [-0.15, -0.1) is 0 Å². The summed E-state index contributed by atoms with van der Waals surface area (Å²) < 4.78 is 43.5. The first-order valence-corrected chi connectivity index (χ1v) is 22.0. The average Bonchev–Trinajstić information content (AvgIpc) is 3.65. The molecule has 0 aromatic heterocycles. The molecule has 0 bridgehead atoms. The molecule has 1 saturated heterocycles. The lowest BCUT2D eigenvalue weighted by molar-refractivity contribution is -0.148. The van der Waals surface area contributed by atoms with Crippen molar-refractivity contribution in [3.05, 3.63) is 35.9 Å². The topological polar surface area (TPSA) is 213 Å². The highest BCUT2D eigenvalue weighted by molar-refractivity contribution is 7.85. The molecule has 1 aliphatic heterocycles. The third-order valence-electron chi connectivity index (χ3n) is 11.3. The third-order valence-corrected chi connectivity index (χ3v) is 12.0. The van der Waals surface area contributed by atoms with Crippen molar-refractivity contribution in [3.8, 4) is 0 Å². The van der Waals surface area contributed by atoms with E-state index in [2.05, 4.69) is 21.3 Å². The first-order valence-electron chi connectivity index (χ1n) is 20.4. The van der Waals surface area contributed by atoms with E-state index >= 15 is 0 Å². The zero-order chi connectivity index (χ0) is 43.9. The first-order chi connectivity index (χ1) is 27.2. The molecule has 1 aliphatic rings. The average molecular weight is 839 g/mol. The van der Waals surface area contributed by atoms with E-state index in [1.165, 1.54) is 14.2 Å². The van der Waals surface area contributed by atoms with Crippen molar-refractivity contribution in [2.45, 2.75) is 123 Å². The molecule has 1 aromatic carbocycles. The Morgan fingerprint density at radius 1 is 0.914 bits per heavy atom. The molecule has 0 aliphatic carbocycles. The predicted molar refractivity (Wildman–Crippen MR) is 222 cm³/mol. The van der Waals surface area contributed by atoms with Crippen molar-refractivity contribution in [1.82, 2.24) is 31.1 Å². The maximum atomic E-state index is 14.3. The summed E-state index contributed by atoms with van der Waals surface area (Å²) in [5.74, 6) is -3.67. The van der Waals surface area contributed by atoms with E-state index in [0.29, 0.717) is 25.8 Å². The van der Waals surface area contributed by atoms with E-state index in [1.807, 2.05) is 47.6 Å². The number of benzene rings is 1. The lowest BCUT2D eigenvalue weighted by Gasteiger charge is -2.41. The van der Waals surface area contributed by atoms with Crippen LogP contribution in [0.3, 0.4) is 0 Å². The molecule has 330 valence electrons. The second-order valence-corrected chi connectivity index (χ2v) is 17.7. The number of rotatable bonds is 24. The van der Waals surface area contributed by atoms with Crippen molar-refractivity contribution in [1.29, 1.82) is 0 Å². The highest BCUT2D eigenvalue weighted by atomic mass is 32.2. The van der Waals surface area contributed by atoms with Crippen LogP contribution in [0.1, 0.15) is 79.7 Å². The summed E-state index contributed by atoms with van der Waals surface area (Å²) in [5, 5.41) is 11.3. The van der Waals surface area contributed by atoms with Crippen LogP contribution in [0.25, 0.3) is 0 Å². The number of ether oxygens (including phenoxy) is 2. The fourth-order valence-electron chi connectivity index (χ4n) is 7.84. The lowest BCUT2D eigenvalue weighted by atomic mass is 9.89. The minimum atomic E-state index is -4.31. The SMILES string of the molecule is CC[C@H](C)[C@@H]([C@@H](CC(=O)N1CCC[C@H]1[C@H](OC)[C@@H](C)C(=O)N[C@@H](Cc1ccccc1)C(=O)NCCS(=O)(=O)O)OC)N(C)C(=O)[C@@H](NC(=O)[C@@H](NC)C(C)C)C(C)C. The zero-order valence-electron chi connectivity index (χ0n) is 36.3. The number of methoxy groups -OCH3 is 2. The summed E-state index contributed by atoms with van der Waals surface area (Å²) in [6.45, 7) is 13.4. The highest BCUT2D eigenvalue weighted by Gasteiger charge is 2.43. The maximum absolute atomic E-state index is 14.3. The van der Waals surface area contributed by atoms with Crippen LogP contribution in [0.15, 0.2) is 30.3 Å². The number of carbonyl (C=O) groups is 5.